The molecule has 0 unspecified atom stereocenters. The summed E-state index contributed by atoms with van der Waals surface area (Å²) in [4.78, 5) is 12.4. The maximum absolute atomic E-state index is 6.03. The van der Waals surface area contributed by atoms with Gasteiger partial charge in [-0.2, -0.15) is 4.57 Å². The number of allylic oxidation sites excluding steroid dienone is 1. The number of aromatic amines is 1. The number of nitrogens with one attached hydrogen (secondary N) is 1. The largest absolute Gasteiger partial charge is 0.453 e. The third kappa shape index (κ3) is 2.54. The Balaban J connectivity index is 1.46. The zero-order chi connectivity index (χ0) is 17.3. The summed E-state index contributed by atoms with van der Waals surface area (Å²) in [5, 5.41) is 1.10. The zero-order valence-corrected chi connectivity index (χ0v) is 14.1. The summed E-state index contributed by atoms with van der Waals surface area (Å²) in [6.45, 7) is 0.688. The second-order valence-electron chi connectivity index (χ2n) is 6.19. The Morgan fingerprint density at radius 2 is 2.00 bits per heavy atom. The van der Waals surface area contributed by atoms with Gasteiger partial charge in [0.25, 0.3) is 5.84 Å². The van der Waals surface area contributed by atoms with Crippen molar-refractivity contribution in [1.82, 2.24) is 9.97 Å². The lowest BCUT2D eigenvalue weighted by Crippen LogP contribution is -2.42. The van der Waals surface area contributed by atoms with Gasteiger partial charge in [0, 0.05) is 35.8 Å². The zero-order valence-electron chi connectivity index (χ0n) is 14.1. The van der Waals surface area contributed by atoms with Crippen LogP contribution in [0.1, 0.15) is 11.5 Å². The van der Waals surface area contributed by atoms with E-state index in [9.17, 15) is 0 Å². The minimum Gasteiger partial charge on any atom is -0.453 e. The number of imidazole rings is 1. The topological polar surface area (TPSA) is 58.1 Å². The quantitative estimate of drug-likeness (QED) is 0.576. The maximum atomic E-state index is 6.03. The van der Waals surface area contributed by atoms with E-state index in [1.165, 1.54) is 0 Å². The van der Waals surface area contributed by atoms with Crippen molar-refractivity contribution in [3.05, 3.63) is 78.5 Å². The van der Waals surface area contributed by atoms with Crippen molar-refractivity contribution >= 4 is 22.9 Å². The van der Waals surface area contributed by atoms with Gasteiger partial charge in [0.1, 0.15) is 18.3 Å². The molecule has 126 valence electrons. The Bertz CT molecular complexity index is 1100. The van der Waals surface area contributed by atoms with Crippen molar-refractivity contribution in [1.29, 1.82) is 0 Å². The number of furan rings is 1. The van der Waals surface area contributed by atoms with Crippen molar-refractivity contribution in [3.8, 4) is 11.5 Å². The first-order valence-electron chi connectivity index (χ1n) is 8.64. The molecule has 4 heterocycles. The second kappa shape index (κ2) is 6.11. The SMILES string of the molecule is C1=Cc2[nH]cc(-c3cc4ccccc4o3)[n+]2C1=NCCc1ccccn1. The van der Waals surface area contributed by atoms with Gasteiger partial charge >= 0.3 is 0 Å². The lowest BCUT2D eigenvalue weighted by molar-refractivity contribution is -0.540. The maximum Gasteiger partial charge on any atom is 0.262 e. The van der Waals surface area contributed by atoms with Crippen LogP contribution in [0.15, 0.2) is 76.4 Å². The molecular formula is C21H17N4O+. The first kappa shape index (κ1) is 14.8. The van der Waals surface area contributed by atoms with Gasteiger partial charge in [-0.1, -0.05) is 24.3 Å². The molecule has 0 atom stereocenters. The molecule has 0 saturated heterocycles. The van der Waals surface area contributed by atoms with Gasteiger partial charge in [0.2, 0.25) is 5.82 Å². The van der Waals surface area contributed by atoms with E-state index >= 15 is 0 Å². The van der Waals surface area contributed by atoms with Gasteiger partial charge in [-0.15, -0.1) is 4.99 Å². The average Bonchev–Trinajstić information content (AvgIpc) is 3.37. The standard InChI is InChI=1S/C21H16N4O/c1-2-7-18-15(5-1)13-19(26-18)17-14-24-21-9-8-20(25(17)21)23-12-10-16-6-3-4-11-22-16/h1-9,11,13-14H,10,12H2/p+1. The third-order valence-corrected chi connectivity index (χ3v) is 4.50. The summed E-state index contributed by atoms with van der Waals surface area (Å²) in [5.74, 6) is 2.74. The molecule has 0 fully saturated rings. The van der Waals surface area contributed by atoms with Gasteiger partial charge in [-0.3, -0.25) is 9.97 Å². The highest BCUT2D eigenvalue weighted by Crippen LogP contribution is 2.26. The highest BCUT2D eigenvalue weighted by atomic mass is 16.3. The molecule has 0 saturated carbocycles. The average molecular weight is 341 g/mol. The molecule has 4 aromatic rings. The van der Waals surface area contributed by atoms with Crippen molar-refractivity contribution in [2.75, 3.05) is 6.54 Å². The number of rotatable bonds is 4. The number of fused-ring (bicyclic) bond motifs is 2. The number of aromatic nitrogens is 3. The predicted octanol–water partition coefficient (Wildman–Crippen LogP) is 3.63. The van der Waals surface area contributed by atoms with Crippen LogP contribution < -0.4 is 4.57 Å². The molecule has 26 heavy (non-hydrogen) atoms. The monoisotopic (exact) mass is 341 g/mol. The minimum absolute atomic E-state index is 0.688. The number of para-hydroxylation sites is 1. The molecule has 1 aliphatic heterocycles. The predicted molar refractivity (Wildman–Crippen MR) is 101 cm³/mol. The molecule has 0 aliphatic carbocycles. The minimum atomic E-state index is 0.688. The molecule has 5 heteroatoms. The first-order valence-corrected chi connectivity index (χ1v) is 8.64. The molecular weight excluding hydrogens is 324 g/mol. The van der Waals surface area contributed by atoms with Crippen LogP contribution in [0.2, 0.25) is 0 Å². The molecule has 1 aromatic carbocycles. The first-order chi connectivity index (χ1) is 12.9. The number of aliphatic imine (C=N–C) groups is 1. The van der Waals surface area contributed by atoms with E-state index in [2.05, 4.69) is 26.7 Å². The van der Waals surface area contributed by atoms with Crippen LogP contribution in [0, 0.1) is 0 Å². The summed E-state index contributed by atoms with van der Waals surface area (Å²) in [7, 11) is 0. The number of hydrogen-bond donors (Lipinski definition) is 1. The van der Waals surface area contributed by atoms with E-state index in [1.807, 2.05) is 60.9 Å². The Labute approximate surface area is 150 Å². The van der Waals surface area contributed by atoms with Crippen LogP contribution in [-0.4, -0.2) is 22.3 Å². The van der Waals surface area contributed by atoms with E-state index in [1.54, 1.807) is 0 Å². The molecule has 5 nitrogen and oxygen atoms in total. The number of pyridine rings is 1. The Morgan fingerprint density at radius 1 is 1.08 bits per heavy atom. The van der Waals surface area contributed by atoms with Crippen LogP contribution in [0.5, 0.6) is 0 Å². The highest BCUT2D eigenvalue weighted by molar-refractivity contribution is 5.94. The fourth-order valence-electron chi connectivity index (χ4n) is 3.24. The van der Waals surface area contributed by atoms with E-state index in [-0.39, 0.29) is 0 Å². The molecule has 0 amide bonds. The third-order valence-electron chi connectivity index (χ3n) is 4.50. The molecule has 3 aromatic heterocycles. The molecule has 0 bridgehead atoms. The van der Waals surface area contributed by atoms with Crippen molar-refractivity contribution in [2.24, 2.45) is 4.99 Å². The molecule has 1 aliphatic rings. The smallest absolute Gasteiger partial charge is 0.262 e. The van der Waals surface area contributed by atoms with Gasteiger partial charge in [0.05, 0.1) is 0 Å². The summed E-state index contributed by atoms with van der Waals surface area (Å²) in [6.07, 6.45) is 8.65. The van der Waals surface area contributed by atoms with Crippen molar-refractivity contribution in [3.63, 3.8) is 0 Å². The molecule has 0 spiro atoms. The van der Waals surface area contributed by atoms with Crippen LogP contribution in [0.3, 0.4) is 0 Å². The van der Waals surface area contributed by atoms with Gasteiger partial charge in [-0.25, -0.2) is 0 Å². The summed E-state index contributed by atoms with van der Waals surface area (Å²) < 4.78 is 8.12. The van der Waals surface area contributed by atoms with E-state index in [0.717, 1.165) is 46.2 Å². The molecule has 0 radical (unpaired) electrons. The second-order valence-corrected chi connectivity index (χ2v) is 6.19. The fourth-order valence-corrected chi connectivity index (χ4v) is 3.24. The van der Waals surface area contributed by atoms with E-state index in [0.29, 0.717) is 6.54 Å². The molecule has 5 rings (SSSR count). The number of hydrogen-bond acceptors (Lipinski definition) is 3. The molecule has 1 N–H and O–H groups in total. The van der Waals surface area contributed by atoms with Crippen molar-refractivity contribution in [2.45, 2.75) is 6.42 Å². The lowest BCUT2D eigenvalue weighted by atomic mass is 10.2. The van der Waals surface area contributed by atoms with Crippen LogP contribution in [0.25, 0.3) is 28.5 Å². The van der Waals surface area contributed by atoms with Crippen LogP contribution in [0.4, 0.5) is 0 Å². The van der Waals surface area contributed by atoms with Gasteiger partial charge in [-0.05, 0) is 24.3 Å². The van der Waals surface area contributed by atoms with E-state index in [4.69, 9.17) is 9.41 Å². The number of benzene rings is 1. The normalized spacial score (nSPS) is 14.4. The van der Waals surface area contributed by atoms with Crippen LogP contribution >= 0.6 is 0 Å². The van der Waals surface area contributed by atoms with Crippen molar-refractivity contribution < 1.29 is 8.98 Å². The van der Waals surface area contributed by atoms with Gasteiger partial charge < -0.3 is 4.42 Å². The van der Waals surface area contributed by atoms with E-state index < -0.39 is 0 Å². The lowest BCUT2D eigenvalue weighted by Gasteiger charge is -1.98. The summed E-state index contributed by atoms with van der Waals surface area (Å²) in [6, 6.07) is 16.1. The number of H-pyrrole nitrogens is 1. The fraction of sp³-hybridized carbons (Fsp3) is 0.0952. The Morgan fingerprint density at radius 3 is 2.88 bits per heavy atom. The number of nitrogens with zero attached hydrogens (tertiary/aromatic N) is 3. The highest BCUT2D eigenvalue weighted by Gasteiger charge is 2.26. The Hall–Kier alpha value is -3.47. The summed E-state index contributed by atoms with van der Waals surface area (Å²) in [5.41, 5.74) is 2.91. The van der Waals surface area contributed by atoms with Crippen LogP contribution in [-0.2, 0) is 6.42 Å². The Kier molecular flexibility index (Phi) is 3.49. The van der Waals surface area contributed by atoms with Gasteiger partial charge in [0.15, 0.2) is 11.5 Å². The summed E-state index contributed by atoms with van der Waals surface area (Å²) >= 11 is 0.